The molecule has 0 amide bonds. The van der Waals surface area contributed by atoms with Crippen LogP contribution in [0.3, 0.4) is 0 Å². The minimum absolute atomic E-state index is 0.514. The lowest BCUT2D eigenvalue weighted by Gasteiger charge is -2.28. The number of hydrogen-bond acceptors (Lipinski definition) is 5. The van der Waals surface area contributed by atoms with Gasteiger partial charge in [-0.15, -0.1) is 0 Å². The maximum absolute atomic E-state index is 5.58. The van der Waals surface area contributed by atoms with E-state index in [-0.39, 0.29) is 0 Å². The molecule has 7 heteroatoms. The first-order valence-electron chi connectivity index (χ1n) is 8.95. The van der Waals surface area contributed by atoms with Crippen molar-refractivity contribution in [2.24, 2.45) is 4.99 Å². The van der Waals surface area contributed by atoms with E-state index in [1.165, 1.54) is 22.8 Å². The van der Waals surface area contributed by atoms with Crippen molar-refractivity contribution in [1.82, 2.24) is 15.6 Å². The molecule has 1 fully saturated rings. The summed E-state index contributed by atoms with van der Waals surface area (Å²) < 4.78 is 5.58. The van der Waals surface area contributed by atoms with Crippen LogP contribution in [0.25, 0.3) is 0 Å². The van der Waals surface area contributed by atoms with Crippen LogP contribution >= 0.6 is 11.8 Å². The summed E-state index contributed by atoms with van der Waals surface area (Å²) in [5, 5.41) is 6.56. The highest BCUT2D eigenvalue weighted by molar-refractivity contribution is 7.99. The van der Waals surface area contributed by atoms with Crippen LogP contribution in [0.5, 0.6) is 0 Å². The van der Waals surface area contributed by atoms with E-state index in [9.17, 15) is 0 Å². The maximum atomic E-state index is 5.58. The lowest BCUT2D eigenvalue weighted by molar-refractivity contribution is 0.463. The molecule has 0 spiro atoms. The SMILES string of the molecule is CN=C(NCc1ccc(N2CCSCC2)cc1)NCc1nc(C)c(C)o1. The topological polar surface area (TPSA) is 65.7 Å². The fourth-order valence-corrected chi connectivity index (χ4v) is 3.73. The number of benzene rings is 1. The first kappa shape index (κ1) is 18.6. The van der Waals surface area contributed by atoms with Gasteiger partial charge in [0.15, 0.2) is 5.96 Å². The third-order valence-corrected chi connectivity index (χ3v) is 5.42. The first-order chi connectivity index (χ1) is 12.7. The predicted molar refractivity (Wildman–Crippen MR) is 109 cm³/mol. The highest BCUT2D eigenvalue weighted by Gasteiger charge is 2.11. The number of thioether (sulfide) groups is 1. The molecule has 0 aliphatic carbocycles. The molecular weight excluding hydrogens is 346 g/mol. The molecule has 2 N–H and O–H groups in total. The molecule has 26 heavy (non-hydrogen) atoms. The molecule has 0 saturated carbocycles. The molecule has 6 nitrogen and oxygen atoms in total. The van der Waals surface area contributed by atoms with Gasteiger partial charge in [0.25, 0.3) is 0 Å². The third kappa shape index (κ3) is 4.94. The predicted octanol–water partition coefficient (Wildman–Crippen LogP) is 2.71. The van der Waals surface area contributed by atoms with Crippen molar-refractivity contribution in [3.05, 3.63) is 47.2 Å². The number of nitrogens with one attached hydrogen (secondary N) is 2. The van der Waals surface area contributed by atoms with Gasteiger partial charge in [-0.1, -0.05) is 12.1 Å². The van der Waals surface area contributed by atoms with Crippen LogP contribution in [0.2, 0.25) is 0 Å². The largest absolute Gasteiger partial charge is 0.444 e. The lowest BCUT2D eigenvalue weighted by Crippen LogP contribution is -2.36. The number of oxazole rings is 1. The Morgan fingerprint density at radius 1 is 1.15 bits per heavy atom. The Labute approximate surface area is 159 Å². The van der Waals surface area contributed by atoms with Crippen LogP contribution < -0.4 is 15.5 Å². The van der Waals surface area contributed by atoms with Gasteiger partial charge < -0.3 is 20.0 Å². The molecular formula is C19H27N5OS. The molecule has 2 heterocycles. The highest BCUT2D eigenvalue weighted by Crippen LogP contribution is 2.19. The summed E-state index contributed by atoms with van der Waals surface area (Å²) in [6.45, 7) is 7.38. The van der Waals surface area contributed by atoms with Crippen LogP contribution in [0.4, 0.5) is 5.69 Å². The van der Waals surface area contributed by atoms with Gasteiger partial charge in [-0.3, -0.25) is 4.99 Å². The van der Waals surface area contributed by atoms with E-state index in [0.29, 0.717) is 12.4 Å². The van der Waals surface area contributed by atoms with Gasteiger partial charge in [-0.25, -0.2) is 4.98 Å². The standard InChI is InChI=1S/C19H27N5OS/c1-14-15(2)25-18(23-14)13-22-19(20-3)21-12-16-4-6-17(7-5-16)24-8-10-26-11-9-24/h4-7H,8-13H2,1-3H3,(H2,20,21,22). The molecule has 2 aromatic rings. The molecule has 0 radical (unpaired) electrons. The van der Waals surface area contributed by atoms with E-state index in [4.69, 9.17) is 4.42 Å². The van der Waals surface area contributed by atoms with E-state index in [1.807, 2.05) is 25.6 Å². The van der Waals surface area contributed by atoms with E-state index in [0.717, 1.165) is 37.0 Å². The summed E-state index contributed by atoms with van der Waals surface area (Å²) in [6, 6.07) is 8.78. The summed E-state index contributed by atoms with van der Waals surface area (Å²) in [5.41, 5.74) is 3.47. The second-order valence-corrected chi connectivity index (χ2v) is 7.52. The van der Waals surface area contributed by atoms with Crippen LogP contribution in [0, 0.1) is 13.8 Å². The van der Waals surface area contributed by atoms with E-state index >= 15 is 0 Å². The molecule has 3 rings (SSSR count). The molecule has 1 aliphatic heterocycles. The smallest absolute Gasteiger partial charge is 0.214 e. The second-order valence-electron chi connectivity index (χ2n) is 6.29. The molecule has 1 aromatic heterocycles. The Kier molecular flexibility index (Phi) is 6.44. The number of aromatic nitrogens is 1. The van der Waals surface area contributed by atoms with Crippen molar-refractivity contribution < 1.29 is 4.42 Å². The van der Waals surface area contributed by atoms with Gasteiger partial charge >= 0.3 is 0 Å². The highest BCUT2D eigenvalue weighted by atomic mass is 32.2. The van der Waals surface area contributed by atoms with Crippen LogP contribution in [0.15, 0.2) is 33.7 Å². The molecule has 1 saturated heterocycles. The lowest BCUT2D eigenvalue weighted by atomic mass is 10.2. The Hall–Kier alpha value is -2.15. The van der Waals surface area contributed by atoms with E-state index < -0.39 is 0 Å². The molecule has 0 unspecified atom stereocenters. The molecule has 1 aliphatic rings. The summed E-state index contributed by atoms with van der Waals surface area (Å²) in [5.74, 6) is 4.70. The Bertz CT molecular complexity index is 715. The number of aliphatic imine (C=N–C) groups is 1. The number of aryl methyl sites for hydroxylation is 2. The average molecular weight is 374 g/mol. The summed E-state index contributed by atoms with van der Waals surface area (Å²) in [7, 11) is 1.76. The van der Waals surface area contributed by atoms with Crippen molar-refractivity contribution in [2.75, 3.05) is 36.5 Å². The summed E-state index contributed by atoms with van der Waals surface area (Å²) in [4.78, 5) is 11.1. The van der Waals surface area contributed by atoms with Crippen molar-refractivity contribution in [3.63, 3.8) is 0 Å². The molecule has 1 aromatic carbocycles. The van der Waals surface area contributed by atoms with Crippen LogP contribution in [-0.4, -0.2) is 42.6 Å². The number of hydrogen-bond donors (Lipinski definition) is 2. The fraction of sp³-hybridized carbons (Fsp3) is 0.474. The van der Waals surface area contributed by atoms with Crippen LogP contribution in [0.1, 0.15) is 22.9 Å². The van der Waals surface area contributed by atoms with Gasteiger partial charge in [0, 0.05) is 43.9 Å². The van der Waals surface area contributed by atoms with Gasteiger partial charge in [-0.05, 0) is 31.5 Å². The molecule has 140 valence electrons. The van der Waals surface area contributed by atoms with E-state index in [1.54, 1.807) is 7.05 Å². The average Bonchev–Trinajstić information content (AvgIpc) is 3.01. The molecule has 0 bridgehead atoms. The van der Waals surface area contributed by atoms with Crippen LogP contribution in [-0.2, 0) is 13.1 Å². The maximum Gasteiger partial charge on any atom is 0.214 e. The fourth-order valence-electron chi connectivity index (χ4n) is 2.83. The quantitative estimate of drug-likeness (QED) is 0.621. The zero-order valence-electron chi connectivity index (χ0n) is 15.7. The van der Waals surface area contributed by atoms with Crippen molar-refractivity contribution in [1.29, 1.82) is 0 Å². The van der Waals surface area contributed by atoms with Gasteiger partial charge in [0.1, 0.15) is 5.76 Å². The zero-order chi connectivity index (χ0) is 18.4. The zero-order valence-corrected chi connectivity index (χ0v) is 16.5. The summed E-state index contributed by atoms with van der Waals surface area (Å²) >= 11 is 2.03. The van der Waals surface area contributed by atoms with Gasteiger partial charge in [0.2, 0.25) is 5.89 Å². The Morgan fingerprint density at radius 3 is 2.46 bits per heavy atom. The number of rotatable bonds is 5. The first-order valence-corrected chi connectivity index (χ1v) is 10.1. The van der Waals surface area contributed by atoms with Crippen molar-refractivity contribution in [2.45, 2.75) is 26.9 Å². The minimum Gasteiger partial charge on any atom is -0.444 e. The second kappa shape index (κ2) is 8.98. The normalized spacial score (nSPS) is 15.2. The monoisotopic (exact) mass is 373 g/mol. The Balaban J connectivity index is 1.48. The van der Waals surface area contributed by atoms with Crippen molar-refractivity contribution >= 4 is 23.4 Å². The minimum atomic E-state index is 0.514. The number of nitrogens with zero attached hydrogens (tertiary/aromatic N) is 3. The van der Waals surface area contributed by atoms with E-state index in [2.05, 4.69) is 49.8 Å². The number of guanidine groups is 1. The summed E-state index contributed by atoms with van der Waals surface area (Å²) in [6.07, 6.45) is 0. The molecule has 0 atom stereocenters. The Morgan fingerprint density at radius 2 is 1.85 bits per heavy atom. The van der Waals surface area contributed by atoms with Gasteiger partial charge in [0.05, 0.1) is 12.2 Å². The third-order valence-electron chi connectivity index (χ3n) is 4.48. The van der Waals surface area contributed by atoms with Gasteiger partial charge in [-0.2, -0.15) is 11.8 Å². The number of anilines is 1. The van der Waals surface area contributed by atoms with Crippen molar-refractivity contribution in [3.8, 4) is 0 Å².